The van der Waals surface area contributed by atoms with Gasteiger partial charge in [0.25, 0.3) is 0 Å². The third-order valence-electron chi connectivity index (χ3n) is 5.08. The summed E-state index contributed by atoms with van der Waals surface area (Å²) in [5, 5.41) is 0. The number of piperidine rings is 1. The number of rotatable bonds is 0. The lowest BCUT2D eigenvalue weighted by atomic mass is 9.66. The van der Waals surface area contributed by atoms with Gasteiger partial charge in [-0.1, -0.05) is 32.1 Å². The van der Waals surface area contributed by atoms with Crippen molar-refractivity contribution in [2.45, 2.75) is 70.8 Å². The molecule has 1 nitrogen and oxygen atoms in total. The van der Waals surface area contributed by atoms with Crippen molar-refractivity contribution in [2.24, 2.45) is 5.41 Å². The molecule has 1 heteroatoms. The molecule has 2 rings (SSSR count). The SMILES string of the molecule is CC1N(C)CCCC12CCCCCCC2. The standard InChI is InChI=1S/C14H27N/c1-13-14(11-8-12-15(13)2)9-6-4-3-5-7-10-14/h13H,3-12H2,1-2H3. The fraction of sp³-hybridized carbons (Fsp3) is 1.00. The maximum atomic E-state index is 2.60. The Balaban J connectivity index is 2.06. The fourth-order valence-corrected chi connectivity index (χ4v) is 3.83. The summed E-state index contributed by atoms with van der Waals surface area (Å²) in [5.41, 5.74) is 0.688. The van der Waals surface area contributed by atoms with E-state index in [0.717, 1.165) is 6.04 Å². The average Bonchev–Trinajstić information content (AvgIpc) is 2.19. The normalized spacial score (nSPS) is 33.6. The van der Waals surface area contributed by atoms with Crippen LogP contribution in [0.25, 0.3) is 0 Å². The molecule has 15 heavy (non-hydrogen) atoms. The molecule has 0 aromatic carbocycles. The van der Waals surface area contributed by atoms with Crippen LogP contribution in [-0.4, -0.2) is 24.5 Å². The van der Waals surface area contributed by atoms with E-state index in [0.29, 0.717) is 5.41 Å². The minimum atomic E-state index is 0.688. The lowest BCUT2D eigenvalue weighted by Crippen LogP contribution is -2.49. The van der Waals surface area contributed by atoms with Gasteiger partial charge in [0.05, 0.1) is 0 Å². The molecule has 0 aromatic heterocycles. The number of nitrogens with zero attached hydrogens (tertiary/aromatic N) is 1. The van der Waals surface area contributed by atoms with Crippen molar-refractivity contribution in [3.63, 3.8) is 0 Å². The van der Waals surface area contributed by atoms with Gasteiger partial charge >= 0.3 is 0 Å². The Labute approximate surface area is 95.2 Å². The van der Waals surface area contributed by atoms with Crippen molar-refractivity contribution in [2.75, 3.05) is 13.6 Å². The number of hydrogen-bond acceptors (Lipinski definition) is 1. The molecule has 1 unspecified atom stereocenters. The maximum Gasteiger partial charge on any atom is 0.0120 e. The Morgan fingerprint density at radius 3 is 2.07 bits per heavy atom. The molecule has 1 aliphatic heterocycles. The van der Waals surface area contributed by atoms with Crippen LogP contribution in [-0.2, 0) is 0 Å². The first kappa shape index (κ1) is 11.4. The van der Waals surface area contributed by atoms with Gasteiger partial charge in [0.15, 0.2) is 0 Å². The van der Waals surface area contributed by atoms with E-state index < -0.39 is 0 Å². The Morgan fingerprint density at radius 2 is 1.40 bits per heavy atom. The van der Waals surface area contributed by atoms with Crippen LogP contribution in [0.2, 0.25) is 0 Å². The van der Waals surface area contributed by atoms with Crippen molar-refractivity contribution in [3.8, 4) is 0 Å². The van der Waals surface area contributed by atoms with Gasteiger partial charge in [0, 0.05) is 6.04 Å². The van der Waals surface area contributed by atoms with Crippen LogP contribution in [0.3, 0.4) is 0 Å². The molecule has 1 heterocycles. The van der Waals surface area contributed by atoms with Crippen LogP contribution < -0.4 is 0 Å². The van der Waals surface area contributed by atoms with E-state index in [1.807, 2.05) is 0 Å². The predicted molar refractivity (Wildman–Crippen MR) is 66.1 cm³/mol. The summed E-state index contributed by atoms with van der Waals surface area (Å²) in [5.74, 6) is 0. The number of hydrogen-bond donors (Lipinski definition) is 0. The smallest absolute Gasteiger partial charge is 0.0120 e. The summed E-state index contributed by atoms with van der Waals surface area (Å²) in [6.07, 6.45) is 13.4. The van der Waals surface area contributed by atoms with Gasteiger partial charge < -0.3 is 4.90 Å². The predicted octanol–water partition coefficient (Wildman–Crippen LogP) is 3.83. The average molecular weight is 209 g/mol. The Bertz CT molecular complexity index is 192. The molecular formula is C14H27N. The topological polar surface area (TPSA) is 3.24 Å². The first-order valence-electron chi connectivity index (χ1n) is 6.95. The van der Waals surface area contributed by atoms with E-state index in [9.17, 15) is 0 Å². The molecule has 88 valence electrons. The number of likely N-dealkylation sites (tertiary alicyclic amines) is 1. The van der Waals surface area contributed by atoms with E-state index in [1.165, 1.54) is 64.3 Å². The summed E-state index contributed by atoms with van der Waals surface area (Å²) in [4.78, 5) is 2.60. The van der Waals surface area contributed by atoms with Crippen LogP contribution in [0.4, 0.5) is 0 Å². The van der Waals surface area contributed by atoms with E-state index in [2.05, 4.69) is 18.9 Å². The Morgan fingerprint density at radius 1 is 0.867 bits per heavy atom. The first-order valence-corrected chi connectivity index (χ1v) is 6.95. The van der Waals surface area contributed by atoms with Crippen LogP contribution in [0.1, 0.15) is 64.7 Å². The van der Waals surface area contributed by atoms with Crippen molar-refractivity contribution in [1.82, 2.24) is 4.90 Å². The fourth-order valence-electron chi connectivity index (χ4n) is 3.83. The van der Waals surface area contributed by atoms with Gasteiger partial charge in [-0.2, -0.15) is 0 Å². The molecule has 0 N–H and O–H groups in total. The molecule has 0 aromatic rings. The molecule has 1 atom stereocenters. The van der Waals surface area contributed by atoms with Crippen molar-refractivity contribution >= 4 is 0 Å². The third-order valence-corrected chi connectivity index (χ3v) is 5.08. The van der Waals surface area contributed by atoms with Crippen molar-refractivity contribution in [3.05, 3.63) is 0 Å². The summed E-state index contributed by atoms with van der Waals surface area (Å²) in [6.45, 7) is 3.80. The van der Waals surface area contributed by atoms with Crippen LogP contribution in [0, 0.1) is 5.41 Å². The van der Waals surface area contributed by atoms with Crippen LogP contribution >= 0.6 is 0 Å². The molecule has 0 bridgehead atoms. The highest BCUT2D eigenvalue weighted by atomic mass is 15.1. The molecule has 2 fully saturated rings. The third kappa shape index (κ3) is 2.38. The van der Waals surface area contributed by atoms with Crippen LogP contribution in [0.15, 0.2) is 0 Å². The zero-order chi connectivity index (χ0) is 10.7. The van der Waals surface area contributed by atoms with E-state index in [1.54, 1.807) is 0 Å². The quantitative estimate of drug-likeness (QED) is 0.586. The second-order valence-corrected chi connectivity index (χ2v) is 5.89. The molecule has 0 radical (unpaired) electrons. The molecule has 0 amide bonds. The summed E-state index contributed by atoms with van der Waals surface area (Å²) < 4.78 is 0. The van der Waals surface area contributed by atoms with Crippen molar-refractivity contribution < 1.29 is 0 Å². The van der Waals surface area contributed by atoms with Crippen LogP contribution in [0.5, 0.6) is 0 Å². The summed E-state index contributed by atoms with van der Waals surface area (Å²) >= 11 is 0. The first-order chi connectivity index (χ1) is 7.25. The van der Waals surface area contributed by atoms with E-state index in [-0.39, 0.29) is 0 Å². The highest BCUT2D eigenvalue weighted by Crippen LogP contribution is 2.45. The molecule has 1 aliphatic carbocycles. The second kappa shape index (κ2) is 4.86. The molecular weight excluding hydrogens is 182 g/mol. The van der Waals surface area contributed by atoms with Gasteiger partial charge in [-0.05, 0) is 51.6 Å². The highest BCUT2D eigenvalue weighted by Gasteiger charge is 2.39. The van der Waals surface area contributed by atoms with E-state index >= 15 is 0 Å². The minimum absolute atomic E-state index is 0.688. The molecule has 1 spiro atoms. The summed E-state index contributed by atoms with van der Waals surface area (Å²) in [6, 6.07) is 0.823. The van der Waals surface area contributed by atoms with Gasteiger partial charge in [-0.3, -0.25) is 0 Å². The molecule has 1 saturated carbocycles. The molecule has 1 saturated heterocycles. The van der Waals surface area contributed by atoms with Gasteiger partial charge in [-0.25, -0.2) is 0 Å². The zero-order valence-electron chi connectivity index (χ0n) is 10.6. The second-order valence-electron chi connectivity index (χ2n) is 5.89. The Hall–Kier alpha value is -0.0400. The minimum Gasteiger partial charge on any atom is -0.303 e. The summed E-state index contributed by atoms with van der Waals surface area (Å²) in [7, 11) is 2.32. The zero-order valence-corrected chi connectivity index (χ0v) is 10.6. The monoisotopic (exact) mass is 209 g/mol. The van der Waals surface area contributed by atoms with Gasteiger partial charge in [0.1, 0.15) is 0 Å². The Kier molecular flexibility index (Phi) is 3.71. The van der Waals surface area contributed by atoms with Gasteiger partial charge in [-0.15, -0.1) is 0 Å². The van der Waals surface area contributed by atoms with Crippen molar-refractivity contribution in [1.29, 1.82) is 0 Å². The lowest BCUT2D eigenvalue weighted by Gasteiger charge is -2.48. The largest absolute Gasteiger partial charge is 0.303 e. The van der Waals surface area contributed by atoms with E-state index in [4.69, 9.17) is 0 Å². The highest BCUT2D eigenvalue weighted by molar-refractivity contribution is 4.93. The van der Waals surface area contributed by atoms with Gasteiger partial charge in [0.2, 0.25) is 0 Å². The molecule has 2 aliphatic rings. The maximum absolute atomic E-state index is 2.60. The lowest BCUT2D eigenvalue weighted by molar-refractivity contribution is 0.0191.